The SMILES string of the molecule is Cc1nnnn1C(C(=O)NCCc1nc(-c2ccccn2)no1)c1ccccc1. The maximum Gasteiger partial charge on any atom is 0.249 e. The van der Waals surface area contributed by atoms with Crippen LogP contribution in [0.5, 0.6) is 0 Å². The lowest BCUT2D eigenvalue weighted by molar-refractivity contribution is -0.123. The highest BCUT2D eigenvalue weighted by atomic mass is 16.5. The third kappa shape index (κ3) is 4.15. The Bertz CT molecular complexity index is 1080. The van der Waals surface area contributed by atoms with E-state index in [2.05, 4.69) is 36.0 Å². The Morgan fingerprint density at radius 3 is 2.72 bits per heavy atom. The van der Waals surface area contributed by atoms with Gasteiger partial charge in [-0.25, -0.2) is 4.68 Å². The first-order valence-electron chi connectivity index (χ1n) is 9.03. The normalized spacial score (nSPS) is 11.9. The second kappa shape index (κ2) is 8.38. The van der Waals surface area contributed by atoms with Crippen LogP contribution in [0.2, 0.25) is 0 Å². The van der Waals surface area contributed by atoms with Gasteiger partial charge in [0.05, 0.1) is 0 Å². The van der Waals surface area contributed by atoms with Crippen LogP contribution < -0.4 is 5.32 Å². The van der Waals surface area contributed by atoms with Crippen LogP contribution in [0.4, 0.5) is 0 Å². The van der Waals surface area contributed by atoms with Crippen LogP contribution in [0.1, 0.15) is 23.3 Å². The largest absolute Gasteiger partial charge is 0.353 e. The molecule has 0 aliphatic rings. The van der Waals surface area contributed by atoms with Gasteiger partial charge in [-0.1, -0.05) is 41.6 Å². The maximum atomic E-state index is 12.9. The maximum absolute atomic E-state index is 12.9. The summed E-state index contributed by atoms with van der Waals surface area (Å²) in [5, 5.41) is 18.3. The Hall–Kier alpha value is -3.95. The first-order chi connectivity index (χ1) is 14.2. The molecule has 146 valence electrons. The zero-order valence-corrected chi connectivity index (χ0v) is 15.6. The van der Waals surface area contributed by atoms with Crippen LogP contribution in [-0.4, -0.2) is 47.8 Å². The van der Waals surface area contributed by atoms with Gasteiger partial charge in [0.25, 0.3) is 0 Å². The van der Waals surface area contributed by atoms with Gasteiger partial charge < -0.3 is 9.84 Å². The first-order valence-corrected chi connectivity index (χ1v) is 9.03. The number of tetrazole rings is 1. The zero-order valence-electron chi connectivity index (χ0n) is 15.6. The van der Waals surface area contributed by atoms with Gasteiger partial charge in [0, 0.05) is 19.2 Å². The summed E-state index contributed by atoms with van der Waals surface area (Å²) in [7, 11) is 0. The van der Waals surface area contributed by atoms with Crippen LogP contribution >= 0.6 is 0 Å². The third-order valence-corrected chi connectivity index (χ3v) is 4.27. The van der Waals surface area contributed by atoms with Gasteiger partial charge in [-0.3, -0.25) is 9.78 Å². The Morgan fingerprint density at radius 1 is 1.17 bits per heavy atom. The first kappa shape index (κ1) is 18.4. The fourth-order valence-electron chi connectivity index (χ4n) is 2.86. The average Bonchev–Trinajstić information content (AvgIpc) is 3.39. The van der Waals surface area contributed by atoms with Crippen molar-refractivity contribution in [1.29, 1.82) is 0 Å². The van der Waals surface area contributed by atoms with Gasteiger partial charge in [-0.15, -0.1) is 5.10 Å². The van der Waals surface area contributed by atoms with E-state index in [1.807, 2.05) is 42.5 Å². The molecule has 0 radical (unpaired) electrons. The molecule has 1 unspecified atom stereocenters. The van der Waals surface area contributed by atoms with Crippen LogP contribution in [0.25, 0.3) is 11.5 Å². The van der Waals surface area contributed by atoms with E-state index in [9.17, 15) is 4.79 Å². The topological polar surface area (TPSA) is 125 Å². The molecule has 3 aromatic heterocycles. The van der Waals surface area contributed by atoms with Gasteiger partial charge in [0.1, 0.15) is 11.5 Å². The molecular formula is C19H18N8O2. The lowest BCUT2D eigenvalue weighted by atomic mass is 10.1. The van der Waals surface area contributed by atoms with Gasteiger partial charge in [0.15, 0.2) is 6.04 Å². The van der Waals surface area contributed by atoms with Crippen molar-refractivity contribution in [2.75, 3.05) is 6.54 Å². The molecule has 0 aliphatic carbocycles. The predicted molar refractivity (Wildman–Crippen MR) is 101 cm³/mol. The lowest BCUT2D eigenvalue weighted by Crippen LogP contribution is -2.35. The molecule has 0 spiro atoms. The molecule has 4 rings (SSSR count). The van der Waals surface area contributed by atoms with E-state index in [1.54, 1.807) is 19.2 Å². The van der Waals surface area contributed by atoms with E-state index in [0.717, 1.165) is 5.56 Å². The summed E-state index contributed by atoms with van der Waals surface area (Å²) < 4.78 is 6.74. The highest BCUT2D eigenvalue weighted by molar-refractivity contribution is 5.83. The summed E-state index contributed by atoms with van der Waals surface area (Å²) >= 11 is 0. The molecule has 0 fully saturated rings. The highest BCUT2D eigenvalue weighted by Crippen LogP contribution is 2.18. The predicted octanol–water partition coefficient (Wildman–Crippen LogP) is 1.37. The van der Waals surface area contributed by atoms with E-state index in [4.69, 9.17) is 4.52 Å². The number of nitrogens with zero attached hydrogens (tertiary/aromatic N) is 7. The fraction of sp³-hybridized carbons (Fsp3) is 0.211. The van der Waals surface area contributed by atoms with Crippen LogP contribution in [-0.2, 0) is 11.2 Å². The number of amides is 1. The van der Waals surface area contributed by atoms with Crippen molar-refractivity contribution in [3.05, 3.63) is 72.0 Å². The second-order valence-corrected chi connectivity index (χ2v) is 6.25. The third-order valence-electron chi connectivity index (χ3n) is 4.27. The van der Waals surface area contributed by atoms with E-state index in [-0.39, 0.29) is 5.91 Å². The molecule has 1 aromatic carbocycles. The minimum absolute atomic E-state index is 0.226. The second-order valence-electron chi connectivity index (χ2n) is 6.25. The minimum Gasteiger partial charge on any atom is -0.353 e. The molecule has 0 aliphatic heterocycles. The Balaban J connectivity index is 1.43. The van der Waals surface area contributed by atoms with Gasteiger partial charge in [-0.05, 0) is 35.0 Å². The van der Waals surface area contributed by atoms with Crippen LogP contribution in [0.3, 0.4) is 0 Å². The number of aryl methyl sites for hydroxylation is 1. The molecule has 1 atom stereocenters. The van der Waals surface area contributed by atoms with Crippen LogP contribution in [0.15, 0.2) is 59.3 Å². The summed E-state index contributed by atoms with van der Waals surface area (Å²) in [6.07, 6.45) is 2.05. The van der Waals surface area contributed by atoms with Crippen molar-refractivity contribution in [3.63, 3.8) is 0 Å². The monoisotopic (exact) mass is 390 g/mol. The van der Waals surface area contributed by atoms with E-state index in [0.29, 0.717) is 36.2 Å². The molecule has 10 heteroatoms. The van der Waals surface area contributed by atoms with Crippen molar-refractivity contribution in [3.8, 4) is 11.5 Å². The molecule has 0 saturated heterocycles. The molecule has 4 aromatic rings. The molecule has 1 N–H and O–H groups in total. The summed E-state index contributed by atoms with van der Waals surface area (Å²) in [4.78, 5) is 21.4. The smallest absolute Gasteiger partial charge is 0.249 e. The van der Waals surface area contributed by atoms with Crippen LogP contribution in [0, 0.1) is 6.92 Å². The number of nitrogens with one attached hydrogen (secondary N) is 1. The number of carbonyl (C=O) groups excluding carboxylic acids is 1. The molecule has 29 heavy (non-hydrogen) atoms. The lowest BCUT2D eigenvalue weighted by Gasteiger charge is -2.17. The number of aromatic nitrogens is 7. The summed E-state index contributed by atoms with van der Waals surface area (Å²) in [5.74, 6) is 1.15. The Kier molecular flexibility index (Phi) is 5.32. The van der Waals surface area contributed by atoms with Gasteiger partial charge >= 0.3 is 0 Å². The molecule has 3 heterocycles. The number of rotatable bonds is 7. The number of hydrogen-bond donors (Lipinski definition) is 1. The number of pyridine rings is 1. The van der Waals surface area contributed by atoms with E-state index >= 15 is 0 Å². The minimum atomic E-state index is -0.669. The van der Waals surface area contributed by atoms with Crippen molar-refractivity contribution in [2.24, 2.45) is 0 Å². The summed E-state index contributed by atoms with van der Waals surface area (Å²) in [5.41, 5.74) is 1.42. The molecule has 0 bridgehead atoms. The molecule has 1 amide bonds. The standard InChI is InChI=1S/C19H18N8O2/c1-13-23-25-26-27(13)17(14-7-3-2-4-8-14)19(28)21-12-10-16-22-18(24-29-16)15-9-5-6-11-20-15/h2-9,11,17H,10,12H2,1H3,(H,21,28). The number of benzene rings is 1. The summed E-state index contributed by atoms with van der Waals surface area (Å²) in [6, 6.07) is 14.1. The van der Waals surface area contributed by atoms with Crippen molar-refractivity contribution < 1.29 is 9.32 Å². The average molecular weight is 390 g/mol. The number of carbonyl (C=O) groups is 1. The van der Waals surface area contributed by atoms with Crippen molar-refractivity contribution in [2.45, 2.75) is 19.4 Å². The zero-order chi connectivity index (χ0) is 20.1. The van der Waals surface area contributed by atoms with E-state index < -0.39 is 6.04 Å². The molecule has 10 nitrogen and oxygen atoms in total. The molecular weight excluding hydrogens is 372 g/mol. The quantitative estimate of drug-likeness (QED) is 0.502. The van der Waals surface area contributed by atoms with Crippen molar-refractivity contribution in [1.82, 2.24) is 40.6 Å². The Labute approximate surface area is 166 Å². The van der Waals surface area contributed by atoms with Gasteiger partial charge in [-0.2, -0.15) is 4.98 Å². The highest BCUT2D eigenvalue weighted by Gasteiger charge is 2.25. The number of hydrogen-bond acceptors (Lipinski definition) is 8. The summed E-state index contributed by atoms with van der Waals surface area (Å²) in [6.45, 7) is 2.08. The van der Waals surface area contributed by atoms with E-state index in [1.165, 1.54) is 4.68 Å². The fourth-order valence-corrected chi connectivity index (χ4v) is 2.86. The van der Waals surface area contributed by atoms with Crippen molar-refractivity contribution >= 4 is 5.91 Å². The van der Waals surface area contributed by atoms with Gasteiger partial charge in [0.2, 0.25) is 17.6 Å². The molecule has 0 saturated carbocycles. The Morgan fingerprint density at radius 2 is 2.00 bits per heavy atom.